The fourth-order valence-corrected chi connectivity index (χ4v) is 4.79. The molecule has 1 aliphatic heterocycles. The highest BCUT2D eigenvalue weighted by atomic mass is 35.5. The number of allylic oxidation sites excluding steroid dienone is 1. The second-order valence-corrected chi connectivity index (χ2v) is 10.1. The maximum atomic E-state index is 13.8. The molecular formula is C25H25Cl2N3O3. The van der Waals surface area contributed by atoms with E-state index >= 15 is 0 Å². The Bertz CT molecular complexity index is 1140. The number of fused-ring (bicyclic) bond motifs is 1. The summed E-state index contributed by atoms with van der Waals surface area (Å²) in [6, 6.07) is 13.5. The van der Waals surface area contributed by atoms with Gasteiger partial charge in [-0.1, -0.05) is 66.9 Å². The van der Waals surface area contributed by atoms with Crippen LogP contribution in [0.4, 0.5) is 17.1 Å². The normalized spacial score (nSPS) is 22.6. The second-order valence-electron chi connectivity index (χ2n) is 9.13. The maximum Gasteiger partial charge on any atom is 0.248 e. The Morgan fingerprint density at radius 1 is 1.12 bits per heavy atom. The minimum Gasteiger partial charge on any atom is -0.326 e. The van der Waals surface area contributed by atoms with Crippen molar-refractivity contribution >= 4 is 58.0 Å². The first-order valence-corrected chi connectivity index (χ1v) is 11.5. The van der Waals surface area contributed by atoms with Crippen LogP contribution in [0, 0.1) is 24.2 Å². The summed E-state index contributed by atoms with van der Waals surface area (Å²) in [5.74, 6) is -1.56. The van der Waals surface area contributed by atoms with Gasteiger partial charge in [0.15, 0.2) is 0 Å². The average molecular weight is 486 g/mol. The van der Waals surface area contributed by atoms with Crippen LogP contribution in [-0.2, 0) is 14.4 Å². The number of rotatable bonds is 5. The van der Waals surface area contributed by atoms with Crippen LogP contribution < -0.4 is 15.5 Å². The number of halogens is 2. The first kappa shape index (κ1) is 23.3. The largest absolute Gasteiger partial charge is 0.326 e. The maximum absolute atomic E-state index is 13.8. The number of para-hydroxylation sites is 2. The number of aryl methyl sites for hydroxylation is 1. The SMILES string of the molecule is Cc1ccc(NC(=O)C[C@H]2C(=O)Nc3ccccc3N2C(=O)[C@H]2[C@H](C=C(Cl)Cl)C2(C)C)cc1. The van der Waals surface area contributed by atoms with Crippen LogP contribution in [0.25, 0.3) is 0 Å². The quantitative estimate of drug-likeness (QED) is 0.605. The van der Waals surface area contributed by atoms with E-state index < -0.39 is 17.9 Å². The molecule has 33 heavy (non-hydrogen) atoms. The Balaban J connectivity index is 1.63. The fraction of sp³-hybridized carbons (Fsp3) is 0.320. The van der Waals surface area contributed by atoms with Crippen molar-refractivity contribution in [3.8, 4) is 0 Å². The summed E-state index contributed by atoms with van der Waals surface area (Å²) in [5.41, 5.74) is 2.43. The summed E-state index contributed by atoms with van der Waals surface area (Å²) in [4.78, 5) is 41.1. The molecule has 0 spiro atoms. The number of carbonyl (C=O) groups is 3. The van der Waals surface area contributed by atoms with Gasteiger partial charge in [-0.05, 0) is 48.6 Å². The van der Waals surface area contributed by atoms with Crippen LogP contribution in [0.3, 0.4) is 0 Å². The van der Waals surface area contributed by atoms with Crippen molar-refractivity contribution in [1.82, 2.24) is 0 Å². The average Bonchev–Trinajstić information content (AvgIpc) is 3.28. The molecule has 0 saturated heterocycles. The van der Waals surface area contributed by atoms with E-state index in [1.807, 2.05) is 32.9 Å². The first-order valence-electron chi connectivity index (χ1n) is 10.7. The number of hydrogen-bond donors (Lipinski definition) is 2. The minimum absolute atomic E-state index is 0.106. The van der Waals surface area contributed by atoms with Crippen molar-refractivity contribution in [1.29, 1.82) is 0 Å². The van der Waals surface area contributed by atoms with E-state index in [0.717, 1.165) is 5.56 Å². The Hall–Kier alpha value is -2.83. The lowest BCUT2D eigenvalue weighted by atomic mass is 10.0. The van der Waals surface area contributed by atoms with Crippen LogP contribution in [0.15, 0.2) is 59.1 Å². The summed E-state index contributed by atoms with van der Waals surface area (Å²) >= 11 is 11.7. The third-order valence-electron chi connectivity index (χ3n) is 6.47. The molecule has 4 rings (SSSR count). The zero-order valence-electron chi connectivity index (χ0n) is 18.6. The van der Waals surface area contributed by atoms with E-state index in [9.17, 15) is 14.4 Å². The standard InChI is InChI=1S/C25H25Cl2N3O3/c1-14-8-10-15(11-9-14)28-21(31)13-19-23(32)29-17-6-4-5-7-18(17)30(19)24(33)22-16(12-20(26)27)25(22,2)3/h4-12,16,19,22H,13H2,1-3H3,(H,28,31)(H,29,32)/t16-,19-,22+/m0/s1. The number of amides is 3. The van der Waals surface area contributed by atoms with Gasteiger partial charge in [0.2, 0.25) is 17.7 Å². The first-order chi connectivity index (χ1) is 15.6. The second kappa shape index (κ2) is 8.84. The van der Waals surface area contributed by atoms with Crippen LogP contribution in [0.2, 0.25) is 0 Å². The molecule has 2 aromatic carbocycles. The molecule has 1 aliphatic carbocycles. The molecule has 1 heterocycles. The van der Waals surface area contributed by atoms with E-state index in [4.69, 9.17) is 23.2 Å². The molecule has 0 unspecified atom stereocenters. The Kier molecular flexibility index (Phi) is 6.25. The molecule has 0 bridgehead atoms. The molecule has 0 aromatic heterocycles. The van der Waals surface area contributed by atoms with Crippen LogP contribution in [0.5, 0.6) is 0 Å². The number of nitrogens with zero attached hydrogens (tertiary/aromatic N) is 1. The summed E-state index contributed by atoms with van der Waals surface area (Å²) in [7, 11) is 0. The van der Waals surface area contributed by atoms with Crippen LogP contribution >= 0.6 is 23.2 Å². The number of hydrogen-bond acceptors (Lipinski definition) is 3. The number of anilines is 3. The highest BCUT2D eigenvalue weighted by molar-refractivity contribution is 6.55. The van der Waals surface area contributed by atoms with E-state index in [0.29, 0.717) is 17.1 Å². The summed E-state index contributed by atoms with van der Waals surface area (Å²) < 4.78 is 0.106. The van der Waals surface area contributed by atoms with Crippen molar-refractivity contribution in [3.63, 3.8) is 0 Å². The van der Waals surface area contributed by atoms with Gasteiger partial charge in [-0.3, -0.25) is 19.3 Å². The number of nitrogens with one attached hydrogen (secondary N) is 2. The zero-order chi connectivity index (χ0) is 23.9. The smallest absolute Gasteiger partial charge is 0.248 e. The van der Waals surface area contributed by atoms with Crippen molar-refractivity contribution in [2.24, 2.45) is 17.3 Å². The van der Waals surface area contributed by atoms with Crippen molar-refractivity contribution in [2.75, 3.05) is 15.5 Å². The predicted octanol–water partition coefficient (Wildman–Crippen LogP) is 5.27. The molecule has 2 aliphatic rings. The molecule has 172 valence electrons. The van der Waals surface area contributed by atoms with Crippen LogP contribution in [-0.4, -0.2) is 23.8 Å². The van der Waals surface area contributed by atoms with Gasteiger partial charge in [-0.25, -0.2) is 0 Å². The van der Waals surface area contributed by atoms with Gasteiger partial charge in [-0.2, -0.15) is 0 Å². The summed E-state index contributed by atoms with van der Waals surface area (Å²) in [5, 5.41) is 5.64. The Morgan fingerprint density at radius 2 is 1.79 bits per heavy atom. The highest BCUT2D eigenvalue weighted by Crippen LogP contribution is 2.61. The molecule has 1 saturated carbocycles. The van der Waals surface area contributed by atoms with Gasteiger partial charge >= 0.3 is 0 Å². The van der Waals surface area contributed by atoms with Gasteiger partial charge < -0.3 is 10.6 Å². The van der Waals surface area contributed by atoms with Gasteiger partial charge in [0, 0.05) is 5.69 Å². The van der Waals surface area contributed by atoms with E-state index in [1.54, 1.807) is 42.5 Å². The molecule has 2 N–H and O–H groups in total. The van der Waals surface area contributed by atoms with Gasteiger partial charge in [0.05, 0.1) is 23.7 Å². The van der Waals surface area contributed by atoms with Gasteiger partial charge in [0.1, 0.15) is 10.5 Å². The number of carbonyl (C=O) groups excluding carboxylic acids is 3. The lowest BCUT2D eigenvalue weighted by molar-refractivity contribution is -0.127. The molecule has 6 nitrogen and oxygen atoms in total. The third kappa shape index (κ3) is 4.63. The topological polar surface area (TPSA) is 78.5 Å². The van der Waals surface area contributed by atoms with Crippen LogP contribution in [0.1, 0.15) is 25.8 Å². The molecule has 0 radical (unpaired) electrons. The Labute approximate surface area is 202 Å². The van der Waals surface area contributed by atoms with Gasteiger partial charge in [0.25, 0.3) is 0 Å². The lowest BCUT2D eigenvalue weighted by Gasteiger charge is -2.36. The molecular weight excluding hydrogens is 461 g/mol. The molecule has 8 heteroatoms. The monoisotopic (exact) mass is 485 g/mol. The van der Waals surface area contributed by atoms with Crippen molar-refractivity contribution in [2.45, 2.75) is 33.2 Å². The fourth-order valence-electron chi connectivity index (χ4n) is 4.52. The summed E-state index contributed by atoms with van der Waals surface area (Å²) in [6.45, 7) is 5.88. The molecule has 2 aromatic rings. The predicted molar refractivity (Wildman–Crippen MR) is 131 cm³/mol. The minimum atomic E-state index is -0.981. The molecule has 1 fully saturated rings. The van der Waals surface area contributed by atoms with Crippen molar-refractivity contribution < 1.29 is 14.4 Å². The molecule has 3 amide bonds. The van der Waals surface area contributed by atoms with Crippen molar-refractivity contribution in [3.05, 3.63) is 64.7 Å². The third-order valence-corrected chi connectivity index (χ3v) is 6.72. The highest BCUT2D eigenvalue weighted by Gasteiger charge is 2.62. The van der Waals surface area contributed by atoms with Gasteiger partial charge in [-0.15, -0.1) is 0 Å². The molecule has 3 atom stereocenters. The number of benzene rings is 2. The van der Waals surface area contributed by atoms with E-state index in [2.05, 4.69) is 10.6 Å². The lowest BCUT2D eigenvalue weighted by Crippen LogP contribution is -2.53. The zero-order valence-corrected chi connectivity index (χ0v) is 20.1. The summed E-state index contributed by atoms with van der Waals surface area (Å²) in [6.07, 6.45) is 1.49. The van der Waals surface area contributed by atoms with E-state index in [1.165, 1.54) is 4.90 Å². The van der Waals surface area contributed by atoms with E-state index in [-0.39, 0.29) is 34.1 Å². The Morgan fingerprint density at radius 3 is 2.45 bits per heavy atom.